The number of benzene rings is 2. The van der Waals surface area contributed by atoms with Crippen LogP contribution in [0.3, 0.4) is 0 Å². The summed E-state index contributed by atoms with van der Waals surface area (Å²) in [5.41, 5.74) is 1.80. The van der Waals surface area contributed by atoms with E-state index in [1.54, 1.807) is 0 Å². The Kier molecular flexibility index (Phi) is 7.39. The van der Waals surface area contributed by atoms with E-state index in [9.17, 15) is 9.90 Å². The van der Waals surface area contributed by atoms with Crippen LogP contribution < -0.4 is 15.4 Å². The summed E-state index contributed by atoms with van der Waals surface area (Å²) in [6.07, 6.45) is -0.505. The Morgan fingerprint density at radius 1 is 1.11 bits per heavy atom. The van der Waals surface area contributed by atoms with E-state index in [1.165, 1.54) is 0 Å². The first kappa shape index (κ1) is 20.9. The van der Waals surface area contributed by atoms with Crippen molar-refractivity contribution in [2.24, 2.45) is 0 Å². The first-order chi connectivity index (χ1) is 12.7. The minimum absolute atomic E-state index is 0.00302. The minimum Gasteiger partial charge on any atom is -0.484 e. The third-order valence-corrected chi connectivity index (χ3v) is 4.17. The molecule has 0 saturated heterocycles. The lowest BCUT2D eigenvalue weighted by Gasteiger charge is -2.20. The Labute approximate surface area is 161 Å². The van der Waals surface area contributed by atoms with Crippen molar-refractivity contribution in [2.45, 2.75) is 51.9 Å². The lowest BCUT2D eigenvalue weighted by atomic mass is 10.0. The average Bonchev–Trinajstić information content (AvgIpc) is 2.64. The van der Waals surface area contributed by atoms with E-state index in [2.05, 4.69) is 10.6 Å². The molecule has 0 aromatic heterocycles. The van der Waals surface area contributed by atoms with Crippen LogP contribution in [0.1, 0.15) is 44.9 Å². The van der Waals surface area contributed by atoms with Gasteiger partial charge in [0.25, 0.3) is 5.91 Å². The molecule has 0 aliphatic rings. The van der Waals surface area contributed by atoms with Crippen molar-refractivity contribution in [3.63, 3.8) is 0 Å². The molecule has 5 heteroatoms. The predicted molar refractivity (Wildman–Crippen MR) is 106 cm³/mol. The smallest absolute Gasteiger partial charge is 0.258 e. The predicted octanol–water partition coefficient (Wildman–Crippen LogP) is 2.17. The molecule has 4 N–H and O–H groups in total. The molecule has 0 saturated carbocycles. The fourth-order valence-corrected chi connectivity index (χ4v) is 2.73. The fraction of sp³-hybridized carbons (Fsp3) is 0.409. The Balaban J connectivity index is 1.79. The highest BCUT2D eigenvalue weighted by atomic mass is 16.5. The van der Waals surface area contributed by atoms with E-state index in [0.29, 0.717) is 5.75 Å². The van der Waals surface area contributed by atoms with Crippen molar-refractivity contribution in [2.75, 3.05) is 6.61 Å². The zero-order valence-electron chi connectivity index (χ0n) is 16.6. The number of quaternary nitrogens is 1. The SMILES string of the molecule is C[C@H]([NH2+]Cc1ccc(OCC(=O)NC(C)(C)C)cc1)[C@H](O)c1ccccc1. The summed E-state index contributed by atoms with van der Waals surface area (Å²) in [5, 5.41) is 15.4. The summed E-state index contributed by atoms with van der Waals surface area (Å²) >= 11 is 0. The van der Waals surface area contributed by atoms with Crippen molar-refractivity contribution in [3.05, 3.63) is 65.7 Å². The highest BCUT2D eigenvalue weighted by Crippen LogP contribution is 2.15. The van der Waals surface area contributed by atoms with E-state index >= 15 is 0 Å². The van der Waals surface area contributed by atoms with Crippen molar-refractivity contribution < 1.29 is 20.0 Å². The molecule has 0 heterocycles. The number of nitrogens with one attached hydrogen (secondary N) is 1. The molecule has 2 aromatic rings. The Morgan fingerprint density at radius 3 is 2.33 bits per heavy atom. The van der Waals surface area contributed by atoms with Gasteiger partial charge in [-0.25, -0.2) is 0 Å². The number of hydrogen-bond donors (Lipinski definition) is 3. The van der Waals surface area contributed by atoms with Gasteiger partial charge in [0.2, 0.25) is 0 Å². The molecular weight excluding hydrogens is 340 g/mol. The molecule has 146 valence electrons. The van der Waals surface area contributed by atoms with Gasteiger partial charge in [-0.05, 0) is 57.5 Å². The number of rotatable bonds is 8. The number of carbonyl (C=O) groups is 1. The largest absolute Gasteiger partial charge is 0.484 e. The van der Waals surface area contributed by atoms with E-state index in [1.807, 2.05) is 82.3 Å². The normalized spacial score (nSPS) is 13.7. The number of aliphatic hydroxyl groups is 1. The maximum absolute atomic E-state index is 11.8. The standard InChI is InChI=1S/C22H30N2O3/c1-16(21(26)18-8-6-5-7-9-18)23-14-17-10-12-19(13-11-17)27-15-20(25)24-22(2,3)4/h5-13,16,21,23,26H,14-15H2,1-4H3,(H,24,25)/p+1/t16-,21-/m0/s1. The van der Waals surface area contributed by atoms with Crippen molar-refractivity contribution in [1.29, 1.82) is 0 Å². The second kappa shape index (κ2) is 9.53. The first-order valence-corrected chi connectivity index (χ1v) is 9.34. The Bertz CT molecular complexity index is 709. The molecule has 0 aliphatic heterocycles. The molecule has 2 rings (SSSR count). The highest BCUT2D eigenvalue weighted by molar-refractivity contribution is 5.78. The number of carbonyl (C=O) groups excluding carboxylic acids is 1. The second-order valence-electron chi connectivity index (χ2n) is 7.89. The Morgan fingerprint density at radius 2 is 1.74 bits per heavy atom. The third-order valence-electron chi connectivity index (χ3n) is 4.17. The molecule has 1 amide bonds. The van der Waals surface area contributed by atoms with Crippen LogP contribution in [0.15, 0.2) is 54.6 Å². The first-order valence-electron chi connectivity index (χ1n) is 9.34. The van der Waals surface area contributed by atoms with Gasteiger partial charge in [-0.15, -0.1) is 0 Å². The molecule has 0 radical (unpaired) electrons. The van der Waals surface area contributed by atoms with Gasteiger partial charge in [0.1, 0.15) is 24.4 Å². The minimum atomic E-state index is -0.505. The maximum Gasteiger partial charge on any atom is 0.258 e. The van der Waals surface area contributed by atoms with Crippen LogP contribution in [0, 0.1) is 0 Å². The monoisotopic (exact) mass is 371 g/mol. The molecule has 2 atom stereocenters. The van der Waals surface area contributed by atoms with E-state index in [4.69, 9.17) is 4.74 Å². The van der Waals surface area contributed by atoms with Crippen LogP contribution >= 0.6 is 0 Å². The van der Waals surface area contributed by atoms with Crippen LogP contribution in [-0.4, -0.2) is 29.2 Å². The van der Waals surface area contributed by atoms with Gasteiger partial charge in [0.05, 0.1) is 0 Å². The number of nitrogens with two attached hydrogens (primary N) is 1. The van der Waals surface area contributed by atoms with Gasteiger partial charge in [-0.2, -0.15) is 0 Å². The molecule has 2 aromatic carbocycles. The van der Waals surface area contributed by atoms with Crippen LogP contribution in [0.2, 0.25) is 0 Å². The topological polar surface area (TPSA) is 75.2 Å². The van der Waals surface area contributed by atoms with Crippen LogP contribution in [0.25, 0.3) is 0 Å². The zero-order chi connectivity index (χ0) is 19.9. The summed E-state index contributed by atoms with van der Waals surface area (Å²) in [5.74, 6) is 0.531. The highest BCUT2D eigenvalue weighted by Gasteiger charge is 2.19. The van der Waals surface area contributed by atoms with Crippen molar-refractivity contribution in [1.82, 2.24) is 5.32 Å². The molecule has 5 nitrogen and oxygen atoms in total. The van der Waals surface area contributed by atoms with Gasteiger partial charge in [0, 0.05) is 11.1 Å². The summed E-state index contributed by atoms with van der Waals surface area (Å²) in [4.78, 5) is 11.8. The summed E-state index contributed by atoms with van der Waals surface area (Å²) < 4.78 is 5.53. The van der Waals surface area contributed by atoms with E-state index in [-0.39, 0.29) is 24.1 Å². The number of hydrogen-bond acceptors (Lipinski definition) is 3. The van der Waals surface area contributed by atoms with Gasteiger partial charge in [-0.1, -0.05) is 30.3 Å². The molecule has 0 unspecified atom stereocenters. The Hall–Kier alpha value is -2.37. The number of aliphatic hydroxyl groups excluding tert-OH is 1. The molecule has 0 aliphatic carbocycles. The summed E-state index contributed by atoms with van der Waals surface area (Å²) in [6, 6.07) is 17.4. The van der Waals surface area contributed by atoms with Crippen LogP contribution in [0.4, 0.5) is 0 Å². The number of ether oxygens (including phenoxy) is 1. The lowest BCUT2D eigenvalue weighted by molar-refractivity contribution is -0.709. The molecular formula is C22H31N2O3+. The van der Waals surface area contributed by atoms with Crippen LogP contribution in [-0.2, 0) is 11.3 Å². The van der Waals surface area contributed by atoms with Gasteiger partial charge >= 0.3 is 0 Å². The lowest BCUT2D eigenvalue weighted by Crippen LogP contribution is -2.88. The van der Waals surface area contributed by atoms with Gasteiger partial charge < -0.3 is 20.5 Å². The molecule has 27 heavy (non-hydrogen) atoms. The molecule has 0 spiro atoms. The summed E-state index contributed by atoms with van der Waals surface area (Å²) in [7, 11) is 0. The van der Waals surface area contributed by atoms with Crippen molar-refractivity contribution >= 4 is 5.91 Å². The number of amides is 1. The average molecular weight is 372 g/mol. The van der Waals surface area contributed by atoms with Crippen LogP contribution in [0.5, 0.6) is 5.75 Å². The molecule has 0 bridgehead atoms. The van der Waals surface area contributed by atoms with Gasteiger partial charge in [-0.3, -0.25) is 4.79 Å². The third kappa shape index (κ3) is 7.41. The van der Waals surface area contributed by atoms with E-state index < -0.39 is 6.10 Å². The maximum atomic E-state index is 11.8. The van der Waals surface area contributed by atoms with Crippen molar-refractivity contribution in [3.8, 4) is 5.75 Å². The van der Waals surface area contributed by atoms with E-state index in [0.717, 1.165) is 17.7 Å². The fourth-order valence-electron chi connectivity index (χ4n) is 2.73. The second-order valence-corrected chi connectivity index (χ2v) is 7.89. The molecule has 0 fully saturated rings. The summed E-state index contributed by atoms with van der Waals surface area (Å²) in [6.45, 7) is 8.59. The van der Waals surface area contributed by atoms with Gasteiger partial charge in [0.15, 0.2) is 6.61 Å². The quantitative estimate of drug-likeness (QED) is 0.666. The zero-order valence-corrected chi connectivity index (χ0v) is 16.6.